The molecule has 0 amide bonds. The number of hydrogen-bond donors (Lipinski definition) is 2. The summed E-state index contributed by atoms with van der Waals surface area (Å²) in [5.74, 6) is -2.24. The first kappa shape index (κ1) is 13.6. The number of carbonyl (C=O) groups is 2. The second-order valence-corrected chi connectivity index (χ2v) is 3.29. The zero-order valence-electron chi connectivity index (χ0n) is 9.84. The standard InChI is InChI=1S/C12H12O6/c1-17-10-6-7(3-4-9(10)13)5-8(11(14)15)12(16)18-2/h3-6,13H,1-2H3,(H,14,15). The van der Waals surface area contributed by atoms with Crippen molar-refractivity contribution in [2.24, 2.45) is 0 Å². The van der Waals surface area contributed by atoms with Crippen molar-refractivity contribution in [2.75, 3.05) is 14.2 Å². The van der Waals surface area contributed by atoms with E-state index in [0.717, 1.165) is 13.2 Å². The summed E-state index contributed by atoms with van der Waals surface area (Å²) in [7, 11) is 2.46. The Hall–Kier alpha value is -2.50. The number of carboxylic acids is 1. The molecule has 2 N–H and O–H groups in total. The first-order chi connectivity index (χ1) is 8.49. The van der Waals surface area contributed by atoms with Crippen molar-refractivity contribution < 1.29 is 29.3 Å². The minimum atomic E-state index is -1.39. The van der Waals surface area contributed by atoms with E-state index >= 15 is 0 Å². The summed E-state index contributed by atoms with van der Waals surface area (Å²) in [4.78, 5) is 22.1. The van der Waals surface area contributed by atoms with E-state index in [2.05, 4.69) is 4.74 Å². The molecule has 0 radical (unpaired) electrons. The van der Waals surface area contributed by atoms with Crippen molar-refractivity contribution in [3.05, 3.63) is 29.3 Å². The van der Waals surface area contributed by atoms with Crippen LogP contribution < -0.4 is 4.74 Å². The second-order valence-electron chi connectivity index (χ2n) is 3.29. The second kappa shape index (κ2) is 5.72. The van der Waals surface area contributed by atoms with Crippen molar-refractivity contribution >= 4 is 18.0 Å². The monoisotopic (exact) mass is 252 g/mol. The third-order valence-electron chi connectivity index (χ3n) is 2.15. The lowest BCUT2D eigenvalue weighted by molar-refractivity contribution is -0.142. The molecule has 0 saturated heterocycles. The Morgan fingerprint density at radius 2 is 1.94 bits per heavy atom. The molecule has 0 aromatic heterocycles. The van der Waals surface area contributed by atoms with Gasteiger partial charge in [0.05, 0.1) is 14.2 Å². The zero-order valence-corrected chi connectivity index (χ0v) is 9.84. The number of aromatic hydroxyl groups is 1. The van der Waals surface area contributed by atoms with E-state index in [1.807, 2.05) is 0 Å². The Kier molecular flexibility index (Phi) is 4.31. The van der Waals surface area contributed by atoms with Crippen LogP contribution in [0.2, 0.25) is 0 Å². The minimum Gasteiger partial charge on any atom is -0.504 e. The van der Waals surface area contributed by atoms with Gasteiger partial charge in [-0.3, -0.25) is 0 Å². The van der Waals surface area contributed by atoms with Crippen molar-refractivity contribution in [2.45, 2.75) is 0 Å². The number of carbonyl (C=O) groups excluding carboxylic acids is 1. The average molecular weight is 252 g/mol. The molecule has 0 unspecified atom stereocenters. The fourth-order valence-corrected chi connectivity index (χ4v) is 1.27. The minimum absolute atomic E-state index is 0.0791. The average Bonchev–Trinajstić information content (AvgIpc) is 2.36. The topological polar surface area (TPSA) is 93.1 Å². The van der Waals surface area contributed by atoms with E-state index in [1.165, 1.54) is 25.3 Å². The van der Waals surface area contributed by atoms with Gasteiger partial charge in [0.15, 0.2) is 11.5 Å². The maximum absolute atomic E-state index is 11.2. The highest BCUT2D eigenvalue weighted by atomic mass is 16.5. The lowest BCUT2D eigenvalue weighted by atomic mass is 10.1. The lowest BCUT2D eigenvalue weighted by Gasteiger charge is -2.05. The summed E-state index contributed by atoms with van der Waals surface area (Å²) in [6, 6.07) is 4.19. The van der Waals surface area contributed by atoms with Crippen molar-refractivity contribution in [3.63, 3.8) is 0 Å². The summed E-state index contributed by atoms with van der Waals surface area (Å²) in [5, 5.41) is 18.2. The molecule has 1 aromatic carbocycles. The number of hydrogen-bond acceptors (Lipinski definition) is 5. The van der Waals surface area contributed by atoms with Crippen molar-refractivity contribution in [3.8, 4) is 11.5 Å². The molecule has 6 nitrogen and oxygen atoms in total. The predicted octanol–water partition coefficient (Wildman–Crippen LogP) is 1.04. The number of benzene rings is 1. The Balaban J connectivity index is 3.20. The predicted molar refractivity (Wildman–Crippen MR) is 62.3 cm³/mol. The Morgan fingerprint density at radius 3 is 2.44 bits per heavy atom. The van der Waals surface area contributed by atoms with Gasteiger partial charge in [-0.2, -0.15) is 0 Å². The molecule has 0 atom stereocenters. The highest BCUT2D eigenvalue weighted by Crippen LogP contribution is 2.27. The zero-order chi connectivity index (χ0) is 13.7. The van der Waals surface area contributed by atoms with Gasteiger partial charge in [-0.25, -0.2) is 9.59 Å². The number of phenols is 1. The molecule has 0 saturated carbocycles. The van der Waals surface area contributed by atoms with Crippen LogP contribution in [0.5, 0.6) is 11.5 Å². The maximum atomic E-state index is 11.2. The van der Waals surface area contributed by atoms with Crippen LogP contribution in [0.1, 0.15) is 5.56 Å². The van der Waals surface area contributed by atoms with E-state index in [1.54, 1.807) is 0 Å². The summed E-state index contributed by atoms with van der Waals surface area (Å²) >= 11 is 0. The highest BCUT2D eigenvalue weighted by Gasteiger charge is 2.18. The van der Waals surface area contributed by atoms with Crippen LogP contribution in [0.4, 0.5) is 0 Å². The van der Waals surface area contributed by atoms with Gasteiger partial charge >= 0.3 is 11.9 Å². The molecule has 0 fully saturated rings. The lowest BCUT2D eigenvalue weighted by Crippen LogP contribution is -2.13. The number of esters is 1. The molecular formula is C12H12O6. The molecule has 0 aliphatic rings. The van der Waals surface area contributed by atoms with Gasteiger partial charge in [0.25, 0.3) is 0 Å². The molecule has 0 spiro atoms. The van der Waals surface area contributed by atoms with Gasteiger partial charge in [-0.05, 0) is 23.8 Å². The van der Waals surface area contributed by atoms with E-state index in [0.29, 0.717) is 5.56 Å². The number of carboxylic acid groups (broad SMARTS) is 1. The summed E-state index contributed by atoms with van der Waals surface area (Å²) < 4.78 is 9.23. The molecule has 1 rings (SSSR count). The quantitative estimate of drug-likeness (QED) is 0.360. The number of rotatable bonds is 4. The highest BCUT2D eigenvalue weighted by molar-refractivity contribution is 6.16. The number of aliphatic carboxylic acids is 1. The first-order valence-corrected chi connectivity index (χ1v) is 4.90. The van der Waals surface area contributed by atoms with Crippen LogP contribution in [0.25, 0.3) is 6.08 Å². The molecule has 0 bridgehead atoms. The molecule has 1 aromatic rings. The van der Waals surface area contributed by atoms with Gasteiger partial charge in [0, 0.05) is 0 Å². The Morgan fingerprint density at radius 1 is 1.28 bits per heavy atom. The van der Waals surface area contributed by atoms with Crippen molar-refractivity contribution in [1.29, 1.82) is 0 Å². The van der Waals surface area contributed by atoms with Gasteiger partial charge in [0.1, 0.15) is 5.57 Å². The fourth-order valence-electron chi connectivity index (χ4n) is 1.27. The summed E-state index contributed by atoms with van der Waals surface area (Å²) in [5.41, 5.74) is -0.113. The Labute approximate surface area is 103 Å². The Bertz CT molecular complexity index is 503. The van der Waals surface area contributed by atoms with Crippen LogP contribution in [-0.2, 0) is 14.3 Å². The SMILES string of the molecule is COC(=O)C(=Cc1ccc(O)c(OC)c1)C(=O)O. The van der Waals surface area contributed by atoms with Crippen LogP contribution in [0.15, 0.2) is 23.8 Å². The molecular weight excluding hydrogens is 240 g/mol. The molecule has 6 heteroatoms. The molecule has 0 heterocycles. The van der Waals surface area contributed by atoms with E-state index in [4.69, 9.17) is 9.84 Å². The third kappa shape index (κ3) is 3.00. The summed E-state index contributed by atoms with van der Waals surface area (Å²) in [6.45, 7) is 0. The largest absolute Gasteiger partial charge is 0.504 e. The normalized spacial score (nSPS) is 10.9. The van der Waals surface area contributed by atoms with E-state index in [9.17, 15) is 14.7 Å². The van der Waals surface area contributed by atoms with Crippen LogP contribution in [0.3, 0.4) is 0 Å². The molecule has 96 valence electrons. The third-order valence-corrected chi connectivity index (χ3v) is 2.15. The molecule has 0 aliphatic carbocycles. The van der Waals surface area contributed by atoms with Gasteiger partial charge in [0.2, 0.25) is 0 Å². The van der Waals surface area contributed by atoms with Crippen molar-refractivity contribution in [1.82, 2.24) is 0 Å². The van der Waals surface area contributed by atoms with Crippen LogP contribution >= 0.6 is 0 Å². The maximum Gasteiger partial charge on any atom is 0.345 e. The first-order valence-electron chi connectivity index (χ1n) is 4.90. The number of ether oxygens (including phenoxy) is 2. The summed E-state index contributed by atoms with van der Waals surface area (Å²) in [6.07, 6.45) is 1.14. The smallest absolute Gasteiger partial charge is 0.345 e. The van der Waals surface area contributed by atoms with Gasteiger partial charge < -0.3 is 19.7 Å². The van der Waals surface area contributed by atoms with Gasteiger partial charge in [-0.1, -0.05) is 6.07 Å². The van der Waals surface area contributed by atoms with E-state index < -0.39 is 17.5 Å². The van der Waals surface area contributed by atoms with Gasteiger partial charge in [-0.15, -0.1) is 0 Å². The number of methoxy groups -OCH3 is 2. The van der Waals surface area contributed by atoms with Crippen LogP contribution in [-0.4, -0.2) is 36.4 Å². The molecule has 18 heavy (non-hydrogen) atoms. The van der Waals surface area contributed by atoms with Crippen LogP contribution in [0, 0.1) is 0 Å². The fraction of sp³-hybridized carbons (Fsp3) is 0.167. The van der Waals surface area contributed by atoms with E-state index in [-0.39, 0.29) is 11.5 Å². The number of phenolic OH excluding ortho intramolecular Hbond substituents is 1. The molecule has 0 aliphatic heterocycles.